The molecule has 1 amide bonds. The standard InChI is InChI=1S/C9H4F7NO/c10-4-2-1-3-5(6(4)11)17-7(18)8(12,13)9(14,15)16/h1-3H,(H,17,18). The van der Waals surface area contributed by atoms with Crippen molar-refractivity contribution in [3.05, 3.63) is 29.8 Å². The van der Waals surface area contributed by atoms with E-state index in [4.69, 9.17) is 0 Å². The van der Waals surface area contributed by atoms with Gasteiger partial charge in [-0.1, -0.05) is 6.07 Å². The Labute approximate surface area is 95.4 Å². The Morgan fingerprint density at radius 2 is 1.61 bits per heavy atom. The monoisotopic (exact) mass is 275 g/mol. The summed E-state index contributed by atoms with van der Waals surface area (Å²) in [5, 5.41) is 0.974. The van der Waals surface area contributed by atoms with E-state index in [1.165, 1.54) is 0 Å². The number of benzene rings is 1. The number of hydrogen-bond acceptors (Lipinski definition) is 1. The highest BCUT2D eigenvalue weighted by Gasteiger charge is 2.63. The summed E-state index contributed by atoms with van der Waals surface area (Å²) in [5.41, 5.74) is -1.11. The maximum Gasteiger partial charge on any atom is 0.463 e. The second kappa shape index (κ2) is 4.46. The van der Waals surface area contributed by atoms with E-state index in [0.29, 0.717) is 12.1 Å². The van der Waals surface area contributed by atoms with Gasteiger partial charge in [-0.05, 0) is 12.1 Å². The summed E-state index contributed by atoms with van der Waals surface area (Å²) in [6, 6.07) is 2.08. The number of halogens is 7. The molecule has 0 aliphatic rings. The van der Waals surface area contributed by atoms with Crippen LogP contribution in [0.15, 0.2) is 18.2 Å². The first-order valence-electron chi connectivity index (χ1n) is 4.27. The SMILES string of the molecule is O=C(Nc1cccc(F)c1F)C(F)(F)C(F)(F)F. The summed E-state index contributed by atoms with van der Waals surface area (Å²) < 4.78 is 85.9. The van der Waals surface area contributed by atoms with Crippen LogP contribution in [0.2, 0.25) is 0 Å². The van der Waals surface area contributed by atoms with Gasteiger partial charge in [0.2, 0.25) is 0 Å². The predicted octanol–water partition coefficient (Wildman–Crippen LogP) is 3.10. The molecule has 0 unspecified atom stereocenters. The van der Waals surface area contributed by atoms with E-state index in [-0.39, 0.29) is 0 Å². The Kier molecular flexibility index (Phi) is 3.54. The maximum atomic E-state index is 12.9. The van der Waals surface area contributed by atoms with E-state index in [9.17, 15) is 35.5 Å². The van der Waals surface area contributed by atoms with Gasteiger partial charge in [0.05, 0.1) is 5.69 Å². The van der Waals surface area contributed by atoms with Crippen LogP contribution in [0.3, 0.4) is 0 Å². The van der Waals surface area contributed by atoms with E-state index in [0.717, 1.165) is 11.4 Å². The van der Waals surface area contributed by atoms with Crippen molar-refractivity contribution in [2.75, 3.05) is 5.32 Å². The van der Waals surface area contributed by atoms with Crippen LogP contribution in [-0.4, -0.2) is 18.0 Å². The molecule has 0 aliphatic heterocycles. The Hall–Kier alpha value is -1.80. The van der Waals surface area contributed by atoms with Gasteiger partial charge in [-0.3, -0.25) is 4.79 Å². The van der Waals surface area contributed by atoms with Gasteiger partial charge in [0.15, 0.2) is 11.6 Å². The molecule has 0 radical (unpaired) electrons. The third-order valence-electron chi connectivity index (χ3n) is 1.84. The number of amides is 1. The van der Waals surface area contributed by atoms with Crippen molar-refractivity contribution in [3.63, 3.8) is 0 Å². The first-order valence-corrected chi connectivity index (χ1v) is 4.27. The predicted molar refractivity (Wildman–Crippen MR) is 46.0 cm³/mol. The van der Waals surface area contributed by atoms with Crippen molar-refractivity contribution >= 4 is 11.6 Å². The van der Waals surface area contributed by atoms with E-state index in [1.807, 2.05) is 0 Å². The Bertz CT molecular complexity index is 468. The van der Waals surface area contributed by atoms with Gasteiger partial charge in [0.25, 0.3) is 0 Å². The minimum absolute atomic E-state index is 0.604. The van der Waals surface area contributed by atoms with Gasteiger partial charge in [0, 0.05) is 0 Å². The minimum atomic E-state index is -6.12. The van der Waals surface area contributed by atoms with Crippen molar-refractivity contribution in [1.82, 2.24) is 0 Å². The van der Waals surface area contributed by atoms with Crippen LogP contribution >= 0.6 is 0 Å². The molecule has 0 heterocycles. The molecule has 0 bridgehead atoms. The molecule has 1 aromatic rings. The lowest BCUT2D eigenvalue weighted by molar-refractivity contribution is -0.267. The van der Waals surface area contributed by atoms with Gasteiger partial charge < -0.3 is 5.32 Å². The van der Waals surface area contributed by atoms with Crippen LogP contribution in [-0.2, 0) is 4.79 Å². The molecular formula is C9H4F7NO. The Morgan fingerprint density at radius 3 is 2.11 bits per heavy atom. The first-order chi connectivity index (χ1) is 8.07. The number of rotatable bonds is 2. The number of carbonyl (C=O) groups excluding carboxylic acids is 1. The van der Waals surface area contributed by atoms with E-state index in [1.54, 1.807) is 0 Å². The zero-order chi connectivity index (χ0) is 14.1. The topological polar surface area (TPSA) is 29.1 Å². The maximum absolute atomic E-state index is 12.9. The number of carbonyl (C=O) groups is 1. The van der Waals surface area contributed by atoms with Crippen LogP contribution in [0.4, 0.5) is 36.4 Å². The smallest absolute Gasteiger partial charge is 0.318 e. The fourth-order valence-corrected chi connectivity index (χ4v) is 0.930. The zero-order valence-corrected chi connectivity index (χ0v) is 8.29. The molecule has 0 aliphatic carbocycles. The molecule has 9 heteroatoms. The molecule has 100 valence electrons. The summed E-state index contributed by atoms with van der Waals surface area (Å²) in [4.78, 5) is 10.7. The normalized spacial score (nSPS) is 12.4. The number of alkyl halides is 5. The highest BCUT2D eigenvalue weighted by Crippen LogP contribution is 2.36. The lowest BCUT2D eigenvalue weighted by atomic mass is 10.2. The number of hydrogen-bond donors (Lipinski definition) is 1. The van der Waals surface area contributed by atoms with Crippen molar-refractivity contribution in [3.8, 4) is 0 Å². The average molecular weight is 275 g/mol. The van der Waals surface area contributed by atoms with Crippen molar-refractivity contribution in [1.29, 1.82) is 0 Å². The van der Waals surface area contributed by atoms with E-state index < -0.39 is 35.3 Å². The number of nitrogens with one attached hydrogen (secondary N) is 1. The van der Waals surface area contributed by atoms with Gasteiger partial charge in [-0.25, -0.2) is 8.78 Å². The first kappa shape index (κ1) is 14.3. The molecular weight excluding hydrogens is 271 g/mol. The van der Waals surface area contributed by atoms with Gasteiger partial charge >= 0.3 is 18.0 Å². The van der Waals surface area contributed by atoms with Crippen LogP contribution in [0.5, 0.6) is 0 Å². The fraction of sp³-hybridized carbons (Fsp3) is 0.222. The third kappa shape index (κ3) is 2.54. The average Bonchev–Trinajstić information content (AvgIpc) is 2.23. The molecule has 1 N–H and O–H groups in total. The van der Waals surface area contributed by atoms with Gasteiger partial charge in [0.1, 0.15) is 0 Å². The minimum Gasteiger partial charge on any atom is -0.318 e. The molecule has 1 rings (SSSR count). The fourth-order valence-electron chi connectivity index (χ4n) is 0.930. The van der Waals surface area contributed by atoms with Crippen LogP contribution in [0.1, 0.15) is 0 Å². The second-order valence-electron chi connectivity index (χ2n) is 3.13. The summed E-state index contributed by atoms with van der Waals surface area (Å²) in [7, 11) is 0. The van der Waals surface area contributed by atoms with Crippen LogP contribution in [0, 0.1) is 11.6 Å². The zero-order valence-electron chi connectivity index (χ0n) is 8.29. The molecule has 0 fully saturated rings. The molecule has 0 aromatic heterocycles. The molecule has 2 nitrogen and oxygen atoms in total. The largest absolute Gasteiger partial charge is 0.463 e. The summed E-state index contributed by atoms with van der Waals surface area (Å²) >= 11 is 0. The highest BCUT2D eigenvalue weighted by atomic mass is 19.4. The van der Waals surface area contributed by atoms with E-state index >= 15 is 0 Å². The highest BCUT2D eigenvalue weighted by molar-refractivity contribution is 5.96. The lowest BCUT2D eigenvalue weighted by Crippen LogP contribution is -2.47. The quantitative estimate of drug-likeness (QED) is 0.825. The molecule has 18 heavy (non-hydrogen) atoms. The molecule has 0 spiro atoms. The van der Waals surface area contributed by atoms with Crippen molar-refractivity contribution in [2.24, 2.45) is 0 Å². The van der Waals surface area contributed by atoms with Crippen LogP contribution in [0.25, 0.3) is 0 Å². The van der Waals surface area contributed by atoms with E-state index in [2.05, 4.69) is 0 Å². The third-order valence-corrected chi connectivity index (χ3v) is 1.84. The summed E-state index contributed by atoms with van der Waals surface area (Å²) in [5.74, 6) is -11.7. The molecule has 1 aromatic carbocycles. The molecule has 0 saturated carbocycles. The Morgan fingerprint density at radius 1 is 1.06 bits per heavy atom. The number of anilines is 1. The molecule has 0 saturated heterocycles. The molecule has 0 atom stereocenters. The Balaban J connectivity index is 2.99. The summed E-state index contributed by atoms with van der Waals surface area (Å²) in [6.45, 7) is 0. The van der Waals surface area contributed by atoms with Crippen LogP contribution < -0.4 is 5.32 Å². The lowest BCUT2D eigenvalue weighted by Gasteiger charge is -2.18. The van der Waals surface area contributed by atoms with Crippen molar-refractivity contribution < 1.29 is 35.5 Å². The summed E-state index contributed by atoms with van der Waals surface area (Å²) in [6.07, 6.45) is -6.12. The van der Waals surface area contributed by atoms with Gasteiger partial charge in [-0.2, -0.15) is 22.0 Å². The van der Waals surface area contributed by atoms with Gasteiger partial charge in [-0.15, -0.1) is 0 Å². The second-order valence-corrected chi connectivity index (χ2v) is 3.13. The van der Waals surface area contributed by atoms with Crippen molar-refractivity contribution in [2.45, 2.75) is 12.1 Å².